The van der Waals surface area contributed by atoms with Gasteiger partial charge in [0.15, 0.2) is 0 Å². The van der Waals surface area contributed by atoms with E-state index in [9.17, 15) is 4.79 Å². The van der Waals surface area contributed by atoms with Crippen molar-refractivity contribution >= 4 is 21.6 Å². The Morgan fingerprint density at radius 1 is 1.52 bits per heavy atom. The lowest BCUT2D eigenvalue weighted by Crippen LogP contribution is -2.27. The van der Waals surface area contributed by atoms with E-state index in [0.717, 1.165) is 25.8 Å². The Bertz CT molecular complexity index is 473. The zero-order chi connectivity index (χ0) is 15.7. The highest BCUT2D eigenvalue weighted by Crippen LogP contribution is 2.18. The highest BCUT2D eigenvalue weighted by Gasteiger charge is 2.11. The number of rotatable bonds is 10. The first-order valence-corrected chi connectivity index (χ1v) is 8.02. The fourth-order valence-corrected chi connectivity index (χ4v) is 2.57. The summed E-state index contributed by atoms with van der Waals surface area (Å²) in [7, 11) is 1.59. The number of anilines is 1. The van der Waals surface area contributed by atoms with E-state index in [2.05, 4.69) is 33.3 Å². The topological polar surface area (TPSA) is 76.4 Å². The van der Waals surface area contributed by atoms with Crippen molar-refractivity contribution in [2.45, 2.75) is 32.7 Å². The van der Waals surface area contributed by atoms with Gasteiger partial charge in [0.25, 0.3) is 5.56 Å². The van der Waals surface area contributed by atoms with Gasteiger partial charge in [0.05, 0.1) is 25.0 Å². The minimum Gasteiger partial charge on any atom is -0.396 e. The second kappa shape index (κ2) is 9.92. The number of aromatic nitrogens is 2. The molecule has 2 N–H and O–H groups in total. The van der Waals surface area contributed by atoms with Gasteiger partial charge in [0.2, 0.25) is 0 Å². The summed E-state index contributed by atoms with van der Waals surface area (Å²) in [6.07, 6.45) is 4.52. The van der Waals surface area contributed by atoms with E-state index in [1.54, 1.807) is 13.3 Å². The number of halogens is 1. The normalized spacial score (nSPS) is 12.4. The first-order chi connectivity index (χ1) is 10.1. The Balaban J connectivity index is 2.71. The third-order valence-electron chi connectivity index (χ3n) is 3.31. The van der Waals surface area contributed by atoms with Crippen LogP contribution in [0, 0.1) is 5.92 Å². The van der Waals surface area contributed by atoms with E-state index in [-0.39, 0.29) is 12.2 Å². The molecule has 7 heteroatoms. The standard InChI is InChI=1S/C14H24BrN3O3/c1-3-4-11(5-7-19)9-16-12-10-17-18(6-8-21-2)14(20)13(12)15/h10-11,16,19H,3-9H2,1-2H3. The molecule has 0 fully saturated rings. The van der Waals surface area contributed by atoms with Crippen molar-refractivity contribution < 1.29 is 9.84 Å². The maximum Gasteiger partial charge on any atom is 0.283 e. The predicted molar refractivity (Wildman–Crippen MR) is 86.7 cm³/mol. The van der Waals surface area contributed by atoms with Gasteiger partial charge in [0, 0.05) is 20.3 Å². The largest absolute Gasteiger partial charge is 0.396 e. The van der Waals surface area contributed by atoms with Crippen LogP contribution in [0.3, 0.4) is 0 Å². The van der Waals surface area contributed by atoms with E-state index in [1.807, 2.05) is 0 Å². The first kappa shape index (κ1) is 18.1. The number of nitrogens with zero attached hydrogens (tertiary/aromatic N) is 2. The second-order valence-corrected chi connectivity index (χ2v) is 5.73. The zero-order valence-electron chi connectivity index (χ0n) is 12.6. The van der Waals surface area contributed by atoms with E-state index < -0.39 is 0 Å². The van der Waals surface area contributed by atoms with Gasteiger partial charge in [-0.05, 0) is 34.7 Å². The number of methoxy groups -OCH3 is 1. The van der Waals surface area contributed by atoms with Crippen LogP contribution in [0.2, 0.25) is 0 Å². The monoisotopic (exact) mass is 361 g/mol. The van der Waals surface area contributed by atoms with Crippen LogP contribution >= 0.6 is 15.9 Å². The predicted octanol–water partition coefficient (Wildman–Crippen LogP) is 1.86. The van der Waals surface area contributed by atoms with Crippen LogP contribution in [0.15, 0.2) is 15.5 Å². The zero-order valence-corrected chi connectivity index (χ0v) is 14.2. The van der Waals surface area contributed by atoms with E-state index in [1.165, 1.54) is 4.68 Å². The molecule has 0 spiro atoms. The Labute approximate surface area is 133 Å². The molecule has 0 bridgehead atoms. The lowest BCUT2D eigenvalue weighted by Gasteiger charge is -2.17. The van der Waals surface area contributed by atoms with E-state index in [0.29, 0.717) is 29.2 Å². The fraction of sp³-hybridized carbons (Fsp3) is 0.714. The number of hydrogen-bond donors (Lipinski definition) is 2. The molecule has 1 rings (SSSR count). The van der Waals surface area contributed by atoms with Crippen molar-refractivity contribution in [1.82, 2.24) is 9.78 Å². The minimum absolute atomic E-state index is 0.175. The molecule has 0 amide bonds. The van der Waals surface area contributed by atoms with Crippen molar-refractivity contribution in [2.24, 2.45) is 5.92 Å². The maximum atomic E-state index is 12.1. The molecule has 120 valence electrons. The maximum absolute atomic E-state index is 12.1. The minimum atomic E-state index is -0.175. The number of ether oxygens (including phenoxy) is 1. The first-order valence-electron chi connectivity index (χ1n) is 7.23. The van der Waals surface area contributed by atoms with Gasteiger partial charge in [-0.2, -0.15) is 5.10 Å². The lowest BCUT2D eigenvalue weighted by molar-refractivity contribution is 0.181. The van der Waals surface area contributed by atoms with Crippen LogP contribution in [0.5, 0.6) is 0 Å². The molecule has 6 nitrogen and oxygen atoms in total. The third-order valence-corrected chi connectivity index (χ3v) is 4.07. The Morgan fingerprint density at radius 3 is 2.90 bits per heavy atom. The number of nitrogens with one attached hydrogen (secondary N) is 1. The van der Waals surface area contributed by atoms with Crippen LogP contribution < -0.4 is 10.9 Å². The van der Waals surface area contributed by atoms with Crippen LogP contribution in [0.25, 0.3) is 0 Å². The average Bonchev–Trinajstić information content (AvgIpc) is 2.48. The van der Waals surface area contributed by atoms with Crippen LogP contribution in [0.4, 0.5) is 5.69 Å². The Morgan fingerprint density at radius 2 is 2.29 bits per heavy atom. The molecule has 1 aromatic rings. The summed E-state index contributed by atoms with van der Waals surface area (Å²) < 4.78 is 6.80. The summed E-state index contributed by atoms with van der Waals surface area (Å²) in [5, 5.41) is 16.4. The molecule has 1 aromatic heterocycles. The summed E-state index contributed by atoms with van der Waals surface area (Å²) in [6, 6.07) is 0. The van der Waals surface area contributed by atoms with Gasteiger partial charge in [-0.25, -0.2) is 4.68 Å². The molecule has 21 heavy (non-hydrogen) atoms. The van der Waals surface area contributed by atoms with Crippen molar-refractivity contribution in [1.29, 1.82) is 0 Å². The summed E-state index contributed by atoms with van der Waals surface area (Å²) in [6.45, 7) is 3.90. The number of aliphatic hydroxyl groups is 1. The van der Waals surface area contributed by atoms with Gasteiger partial charge in [-0.1, -0.05) is 13.3 Å². The molecule has 0 saturated carbocycles. The molecule has 0 aliphatic rings. The SMILES string of the molecule is CCCC(CCO)CNc1cnn(CCOC)c(=O)c1Br. The molecule has 0 aromatic carbocycles. The number of aliphatic hydroxyl groups excluding tert-OH is 1. The molecule has 1 heterocycles. The van der Waals surface area contributed by atoms with Crippen LogP contribution in [-0.2, 0) is 11.3 Å². The molecule has 0 radical (unpaired) electrons. The molecular formula is C14H24BrN3O3. The smallest absolute Gasteiger partial charge is 0.283 e. The summed E-state index contributed by atoms with van der Waals surface area (Å²) in [5.41, 5.74) is 0.513. The second-order valence-electron chi connectivity index (χ2n) is 4.94. The summed E-state index contributed by atoms with van der Waals surface area (Å²) in [4.78, 5) is 12.1. The van der Waals surface area contributed by atoms with Crippen LogP contribution in [0.1, 0.15) is 26.2 Å². The molecular weight excluding hydrogens is 338 g/mol. The molecule has 0 saturated heterocycles. The van der Waals surface area contributed by atoms with Gasteiger partial charge >= 0.3 is 0 Å². The van der Waals surface area contributed by atoms with Crippen LogP contribution in [-0.4, -0.2) is 41.8 Å². The van der Waals surface area contributed by atoms with Gasteiger partial charge in [-0.3, -0.25) is 4.79 Å². The Hall–Kier alpha value is -0.920. The van der Waals surface area contributed by atoms with Crippen molar-refractivity contribution in [3.8, 4) is 0 Å². The van der Waals surface area contributed by atoms with Gasteiger partial charge < -0.3 is 15.2 Å². The van der Waals surface area contributed by atoms with Crippen molar-refractivity contribution in [2.75, 3.05) is 32.2 Å². The van der Waals surface area contributed by atoms with E-state index >= 15 is 0 Å². The molecule has 1 atom stereocenters. The molecule has 0 aliphatic carbocycles. The van der Waals surface area contributed by atoms with E-state index in [4.69, 9.17) is 9.84 Å². The third kappa shape index (κ3) is 5.76. The fourth-order valence-electron chi connectivity index (χ4n) is 2.12. The lowest BCUT2D eigenvalue weighted by atomic mass is 10.0. The summed E-state index contributed by atoms with van der Waals surface area (Å²) >= 11 is 3.33. The Kier molecular flexibility index (Phi) is 8.56. The van der Waals surface area contributed by atoms with Gasteiger partial charge in [-0.15, -0.1) is 0 Å². The molecule has 0 aliphatic heterocycles. The van der Waals surface area contributed by atoms with Crippen molar-refractivity contribution in [3.63, 3.8) is 0 Å². The quantitative estimate of drug-likeness (QED) is 0.665. The summed E-state index contributed by atoms with van der Waals surface area (Å²) in [5.74, 6) is 0.392. The highest BCUT2D eigenvalue weighted by atomic mass is 79.9. The average molecular weight is 362 g/mol. The highest BCUT2D eigenvalue weighted by molar-refractivity contribution is 9.10. The number of hydrogen-bond acceptors (Lipinski definition) is 5. The molecule has 1 unspecified atom stereocenters. The van der Waals surface area contributed by atoms with Gasteiger partial charge in [0.1, 0.15) is 4.47 Å². The van der Waals surface area contributed by atoms with Crippen molar-refractivity contribution in [3.05, 3.63) is 21.0 Å².